The summed E-state index contributed by atoms with van der Waals surface area (Å²) < 4.78 is 0. The van der Waals surface area contributed by atoms with Crippen LogP contribution in [0.15, 0.2) is 30.3 Å². The number of benzene rings is 1. The van der Waals surface area contributed by atoms with Crippen molar-refractivity contribution in [3.05, 3.63) is 35.9 Å². The molecule has 0 aliphatic heterocycles. The van der Waals surface area contributed by atoms with Crippen LogP contribution in [0.25, 0.3) is 0 Å². The quantitative estimate of drug-likeness (QED) is 0.703. The van der Waals surface area contributed by atoms with Crippen molar-refractivity contribution >= 4 is 16.8 Å². The lowest BCUT2D eigenvalue weighted by Crippen LogP contribution is -2.31. The zero-order chi connectivity index (χ0) is 13.3. The van der Waals surface area contributed by atoms with Gasteiger partial charge in [0.25, 0.3) is 0 Å². The molecule has 0 amide bonds. The second-order valence-electron chi connectivity index (χ2n) is 6.30. The normalized spacial score (nSPS) is 34.6. The van der Waals surface area contributed by atoms with Crippen LogP contribution in [0.4, 0.5) is 0 Å². The first kappa shape index (κ1) is 13.2. The van der Waals surface area contributed by atoms with Gasteiger partial charge in [-0.3, -0.25) is 4.79 Å². The Labute approximate surface area is 120 Å². The van der Waals surface area contributed by atoms with Gasteiger partial charge in [0.2, 0.25) is 5.24 Å². The standard InChI is InChI=1S/C17H21ClO/c18-16(19)14-8-11-17(12-9-14)10-4-7-15(17)13-5-2-1-3-6-13/h1-3,5-6,14-15H,4,7-12H2. The van der Waals surface area contributed by atoms with E-state index in [2.05, 4.69) is 30.3 Å². The third kappa shape index (κ3) is 2.45. The molecule has 2 aliphatic rings. The Bertz CT molecular complexity index is 446. The molecule has 0 aromatic heterocycles. The third-order valence-electron chi connectivity index (χ3n) is 5.41. The fourth-order valence-corrected chi connectivity index (χ4v) is 4.58. The third-order valence-corrected chi connectivity index (χ3v) is 5.72. The van der Waals surface area contributed by atoms with E-state index in [-0.39, 0.29) is 11.2 Å². The Morgan fingerprint density at radius 3 is 2.37 bits per heavy atom. The lowest BCUT2D eigenvalue weighted by molar-refractivity contribution is -0.116. The molecule has 0 bridgehead atoms. The summed E-state index contributed by atoms with van der Waals surface area (Å²) in [5.74, 6) is 0.810. The summed E-state index contributed by atoms with van der Waals surface area (Å²) in [4.78, 5) is 11.3. The zero-order valence-electron chi connectivity index (χ0n) is 11.3. The monoisotopic (exact) mass is 276 g/mol. The van der Waals surface area contributed by atoms with E-state index in [9.17, 15) is 4.79 Å². The van der Waals surface area contributed by atoms with Crippen LogP contribution in [0, 0.1) is 11.3 Å². The van der Waals surface area contributed by atoms with Crippen LogP contribution in [0.5, 0.6) is 0 Å². The zero-order valence-corrected chi connectivity index (χ0v) is 12.0. The Hall–Kier alpha value is -0.820. The minimum atomic E-state index is -0.121. The van der Waals surface area contributed by atoms with E-state index in [1.807, 2.05) is 0 Å². The highest BCUT2D eigenvalue weighted by atomic mass is 35.5. The fourth-order valence-electron chi connectivity index (χ4n) is 4.36. The van der Waals surface area contributed by atoms with Gasteiger partial charge < -0.3 is 0 Å². The minimum absolute atomic E-state index is 0.115. The van der Waals surface area contributed by atoms with E-state index >= 15 is 0 Å². The minimum Gasteiger partial charge on any atom is -0.281 e. The van der Waals surface area contributed by atoms with Crippen molar-refractivity contribution in [3.8, 4) is 0 Å². The fraction of sp³-hybridized carbons (Fsp3) is 0.588. The first-order valence-electron chi connectivity index (χ1n) is 7.46. The van der Waals surface area contributed by atoms with Gasteiger partial charge in [-0.15, -0.1) is 0 Å². The van der Waals surface area contributed by atoms with Crippen LogP contribution in [-0.2, 0) is 4.79 Å². The molecule has 3 rings (SSSR count). The summed E-state index contributed by atoms with van der Waals surface area (Å²) in [6, 6.07) is 10.9. The van der Waals surface area contributed by atoms with Crippen molar-refractivity contribution in [2.24, 2.45) is 11.3 Å². The molecule has 1 spiro atoms. The number of rotatable bonds is 2. The largest absolute Gasteiger partial charge is 0.281 e. The maximum Gasteiger partial charge on any atom is 0.224 e. The number of hydrogen-bond acceptors (Lipinski definition) is 1. The molecule has 0 N–H and O–H groups in total. The molecule has 19 heavy (non-hydrogen) atoms. The van der Waals surface area contributed by atoms with E-state index in [4.69, 9.17) is 11.6 Å². The molecule has 1 atom stereocenters. The molecule has 1 aromatic rings. The van der Waals surface area contributed by atoms with E-state index in [1.54, 1.807) is 0 Å². The number of carbonyl (C=O) groups is 1. The van der Waals surface area contributed by atoms with Crippen LogP contribution in [0.1, 0.15) is 56.4 Å². The summed E-state index contributed by atoms with van der Waals surface area (Å²) in [5.41, 5.74) is 1.94. The van der Waals surface area contributed by atoms with E-state index < -0.39 is 0 Å². The van der Waals surface area contributed by atoms with Gasteiger partial charge in [-0.2, -0.15) is 0 Å². The van der Waals surface area contributed by atoms with Gasteiger partial charge in [-0.25, -0.2) is 0 Å². The Morgan fingerprint density at radius 1 is 1.05 bits per heavy atom. The van der Waals surface area contributed by atoms with Crippen molar-refractivity contribution in [2.75, 3.05) is 0 Å². The summed E-state index contributed by atoms with van der Waals surface area (Å²) >= 11 is 5.67. The second kappa shape index (κ2) is 5.28. The first-order chi connectivity index (χ1) is 9.21. The van der Waals surface area contributed by atoms with Crippen molar-refractivity contribution in [2.45, 2.75) is 50.9 Å². The van der Waals surface area contributed by atoms with Crippen molar-refractivity contribution in [1.29, 1.82) is 0 Å². The highest BCUT2D eigenvalue weighted by Crippen LogP contribution is 2.58. The molecule has 2 aliphatic carbocycles. The first-order valence-corrected chi connectivity index (χ1v) is 7.83. The summed E-state index contributed by atoms with van der Waals surface area (Å²) in [5, 5.41) is -0.121. The van der Waals surface area contributed by atoms with Crippen molar-refractivity contribution in [1.82, 2.24) is 0 Å². The van der Waals surface area contributed by atoms with Gasteiger partial charge in [0.05, 0.1) is 0 Å². The summed E-state index contributed by atoms with van der Waals surface area (Å²) in [6.07, 6.45) is 8.31. The maximum atomic E-state index is 11.3. The van der Waals surface area contributed by atoms with Crippen LogP contribution in [0.3, 0.4) is 0 Å². The topological polar surface area (TPSA) is 17.1 Å². The van der Waals surface area contributed by atoms with Gasteiger partial charge >= 0.3 is 0 Å². The molecule has 2 saturated carbocycles. The highest BCUT2D eigenvalue weighted by Gasteiger charge is 2.46. The molecule has 2 heteroatoms. The molecule has 1 unspecified atom stereocenters. The van der Waals surface area contributed by atoms with Crippen LogP contribution in [0.2, 0.25) is 0 Å². The summed E-state index contributed by atoms with van der Waals surface area (Å²) in [7, 11) is 0. The number of halogens is 1. The molecule has 2 fully saturated rings. The van der Waals surface area contributed by atoms with Gasteiger partial charge in [-0.1, -0.05) is 36.8 Å². The lowest BCUT2D eigenvalue weighted by Gasteiger charge is -2.41. The maximum absolute atomic E-state index is 11.3. The predicted octanol–water partition coefficient (Wildman–Crippen LogP) is 4.90. The smallest absolute Gasteiger partial charge is 0.224 e. The number of hydrogen-bond donors (Lipinski definition) is 0. The van der Waals surface area contributed by atoms with Crippen molar-refractivity contribution in [3.63, 3.8) is 0 Å². The lowest BCUT2D eigenvalue weighted by atomic mass is 9.63. The SMILES string of the molecule is O=C(Cl)C1CCC2(CCCC2c2ccccc2)CC1. The Balaban J connectivity index is 1.79. The Kier molecular flexibility index (Phi) is 3.66. The van der Waals surface area contributed by atoms with E-state index in [1.165, 1.54) is 37.7 Å². The molecule has 1 nitrogen and oxygen atoms in total. The van der Waals surface area contributed by atoms with E-state index in [0.29, 0.717) is 11.3 Å². The van der Waals surface area contributed by atoms with Gasteiger partial charge in [0.1, 0.15) is 0 Å². The molecular weight excluding hydrogens is 256 g/mol. The average Bonchev–Trinajstić information content (AvgIpc) is 2.84. The van der Waals surface area contributed by atoms with Gasteiger partial charge in [0.15, 0.2) is 0 Å². The van der Waals surface area contributed by atoms with Gasteiger partial charge in [-0.05, 0) is 67.0 Å². The van der Waals surface area contributed by atoms with Gasteiger partial charge in [0, 0.05) is 5.92 Å². The Morgan fingerprint density at radius 2 is 1.74 bits per heavy atom. The van der Waals surface area contributed by atoms with Crippen molar-refractivity contribution < 1.29 is 4.79 Å². The van der Waals surface area contributed by atoms with Crippen LogP contribution in [-0.4, -0.2) is 5.24 Å². The predicted molar refractivity (Wildman–Crippen MR) is 78.3 cm³/mol. The van der Waals surface area contributed by atoms with Crippen LogP contribution < -0.4 is 0 Å². The molecule has 0 heterocycles. The summed E-state index contributed by atoms with van der Waals surface area (Å²) in [6.45, 7) is 0. The molecular formula is C17H21ClO. The number of carbonyl (C=O) groups excluding carboxylic acids is 1. The highest BCUT2D eigenvalue weighted by molar-refractivity contribution is 6.63. The molecule has 102 valence electrons. The van der Waals surface area contributed by atoms with Crippen LogP contribution >= 0.6 is 11.6 Å². The average molecular weight is 277 g/mol. The molecule has 0 radical (unpaired) electrons. The van der Waals surface area contributed by atoms with E-state index in [0.717, 1.165) is 12.8 Å². The molecule has 1 aromatic carbocycles. The second-order valence-corrected chi connectivity index (χ2v) is 6.67. The molecule has 0 saturated heterocycles.